The number of halogens is 4. The van der Waals surface area contributed by atoms with Gasteiger partial charge in [0.05, 0.1) is 10.4 Å². The van der Waals surface area contributed by atoms with Gasteiger partial charge in [-0.2, -0.15) is 0 Å². The predicted molar refractivity (Wildman–Crippen MR) is 63.4 cm³/mol. The molecule has 1 unspecified atom stereocenters. The van der Waals surface area contributed by atoms with Gasteiger partial charge >= 0.3 is 0 Å². The highest BCUT2D eigenvalue weighted by Gasteiger charge is 2.17. The number of alkyl halides is 1. The Kier molecular flexibility index (Phi) is 3.47. The van der Waals surface area contributed by atoms with Gasteiger partial charge in [0.15, 0.2) is 11.6 Å². The van der Waals surface area contributed by atoms with Crippen LogP contribution in [0.4, 0.5) is 8.78 Å². The van der Waals surface area contributed by atoms with Crippen LogP contribution in [-0.2, 0) is 0 Å². The van der Waals surface area contributed by atoms with E-state index in [1.54, 1.807) is 11.4 Å². The number of rotatable bonds is 2. The third-order valence-electron chi connectivity index (χ3n) is 2.11. The minimum atomic E-state index is -0.907. The second-order valence-electron chi connectivity index (χ2n) is 3.17. The monoisotopic (exact) mass is 278 g/mol. The Bertz CT molecular complexity index is 510. The lowest BCUT2D eigenvalue weighted by atomic mass is 10.1. The van der Waals surface area contributed by atoms with E-state index in [2.05, 4.69) is 0 Å². The van der Waals surface area contributed by atoms with Crippen LogP contribution in [0.25, 0.3) is 0 Å². The molecule has 1 heterocycles. The van der Waals surface area contributed by atoms with Crippen LogP contribution in [0.1, 0.15) is 15.8 Å². The van der Waals surface area contributed by atoms with Gasteiger partial charge in [-0.25, -0.2) is 8.78 Å². The lowest BCUT2D eigenvalue weighted by molar-refractivity contribution is 0.507. The SMILES string of the molecule is Fc1ccc(C(Cl)c2sccc2Cl)cc1F. The molecule has 0 spiro atoms. The van der Waals surface area contributed by atoms with Crippen molar-refractivity contribution in [3.63, 3.8) is 0 Å². The first-order valence-corrected chi connectivity index (χ1v) is 6.11. The van der Waals surface area contributed by atoms with E-state index >= 15 is 0 Å². The summed E-state index contributed by atoms with van der Waals surface area (Å²) in [6.45, 7) is 0. The van der Waals surface area contributed by atoms with Crippen molar-refractivity contribution in [2.75, 3.05) is 0 Å². The average Bonchev–Trinajstić information content (AvgIpc) is 2.67. The summed E-state index contributed by atoms with van der Waals surface area (Å²) in [5.74, 6) is -1.79. The predicted octanol–water partition coefficient (Wildman–Crippen LogP) is 5.01. The fourth-order valence-electron chi connectivity index (χ4n) is 1.31. The Hall–Kier alpha value is -0.640. The van der Waals surface area contributed by atoms with E-state index in [9.17, 15) is 8.78 Å². The molecule has 0 radical (unpaired) electrons. The van der Waals surface area contributed by atoms with Gasteiger partial charge in [0.2, 0.25) is 0 Å². The molecule has 0 bridgehead atoms. The van der Waals surface area contributed by atoms with Crippen molar-refractivity contribution in [2.24, 2.45) is 0 Å². The maximum atomic E-state index is 13.0. The van der Waals surface area contributed by atoms with Crippen LogP contribution in [-0.4, -0.2) is 0 Å². The Morgan fingerprint density at radius 3 is 2.44 bits per heavy atom. The summed E-state index contributed by atoms with van der Waals surface area (Å²) in [5.41, 5.74) is 0.491. The van der Waals surface area contributed by atoms with E-state index in [1.165, 1.54) is 17.4 Å². The van der Waals surface area contributed by atoms with Gasteiger partial charge in [-0.1, -0.05) is 17.7 Å². The Morgan fingerprint density at radius 2 is 1.88 bits per heavy atom. The van der Waals surface area contributed by atoms with Crippen LogP contribution in [0, 0.1) is 11.6 Å². The van der Waals surface area contributed by atoms with Gasteiger partial charge < -0.3 is 0 Å². The van der Waals surface area contributed by atoms with E-state index in [1.807, 2.05) is 0 Å². The molecule has 2 aromatic rings. The zero-order valence-corrected chi connectivity index (χ0v) is 10.2. The van der Waals surface area contributed by atoms with Crippen molar-refractivity contribution < 1.29 is 8.78 Å². The van der Waals surface area contributed by atoms with Crippen molar-refractivity contribution in [1.82, 2.24) is 0 Å². The molecule has 0 nitrogen and oxygen atoms in total. The fraction of sp³-hybridized carbons (Fsp3) is 0.0909. The molecule has 1 atom stereocenters. The molecular formula is C11H6Cl2F2S. The fourth-order valence-corrected chi connectivity index (χ4v) is 2.94. The molecule has 0 aliphatic heterocycles. The Morgan fingerprint density at radius 1 is 1.12 bits per heavy atom. The summed E-state index contributed by atoms with van der Waals surface area (Å²) in [7, 11) is 0. The van der Waals surface area contributed by atoms with Crippen molar-refractivity contribution >= 4 is 34.5 Å². The van der Waals surface area contributed by atoms with Gasteiger partial charge in [-0.15, -0.1) is 22.9 Å². The summed E-state index contributed by atoms with van der Waals surface area (Å²) in [5, 5.41) is 1.78. The topological polar surface area (TPSA) is 0 Å². The number of hydrogen-bond acceptors (Lipinski definition) is 1. The second kappa shape index (κ2) is 4.70. The van der Waals surface area contributed by atoms with Crippen molar-refractivity contribution in [3.8, 4) is 0 Å². The molecule has 2 rings (SSSR count). The highest BCUT2D eigenvalue weighted by atomic mass is 35.5. The van der Waals surface area contributed by atoms with Crippen LogP contribution >= 0.6 is 34.5 Å². The molecule has 16 heavy (non-hydrogen) atoms. The van der Waals surface area contributed by atoms with E-state index in [0.29, 0.717) is 10.6 Å². The molecule has 0 saturated carbocycles. The third kappa shape index (κ3) is 2.21. The molecular weight excluding hydrogens is 273 g/mol. The van der Waals surface area contributed by atoms with Crippen LogP contribution in [0.5, 0.6) is 0 Å². The number of thiophene rings is 1. The van der Waals surface area contributed by atoms with E-state index in [4.69, 9.17) is 23.2 Å². The van der Waals surface area contributed by atoms with Crippen LogP contribution in [0.15, 0.2) is 29.6 Å². The Balaban J connectivity index is 2.38. The van der Waals surface area contributed by atoms with Crippen molar-refractivity contribution in [2.45, 2.75) is 5.38 Å². The maximum Gasteiger partial charge on any atom is 0.159 e. The Labute approximate surface area is 105 Å². The molecule has 0 fully saturated rings. The largest absolute Gasteiger partial charge is 0.204 e. The minimum absolute atomic E-state index is 0.491. The van der Waals surface area contributed by atoms with Crippen molar-refractivity contribution in [1.29, 1.82) is 0 Å². The van der Waals surface area contributed by atoms with Crippen LogP contribution in [0.3, 0.4) is 0 Å². The van der Waals surface area contributed by atoms with Gasteiger partial charge in [0, 0.05) is 4.88 Å². The molecule has 1 aromatic carbocycles. The molecule has 0 aliphatic carbocycles. The lowest BCUT2D eigenvalue weighted by Crippen LogP contribution is -1.94. The smallest absolute Gasteiger partial charge is 0.159 e. The van der Waals surface area contributed by atoms with Crippen LogP contribution in [0.2, 0.25) is 5.02 Å². The van der Waals surface area contributed by atoms with Crippen LogP contribution < -0.4 is 0 Å². The maximum absolute atomic E-state index is 13.0. The molecule has 5 heteroatoms. The standard InChI is InChI=1S/C11H6Cl2F2S/c12-7-3-4-16-11(7)10(13)6-1-2-8(14)9(15)5-6/h1-5,10H. The molecule has 0 aliphatic rings. The number of benzene rings is 1. The normalized spacial score (nSPS) is 12.8. The first-order valence-electron chi connectivity index (χ1n) is 4.41. The summed E-state index contributed by atoms with van der Waals surface area (Å²) in [4.78, 5) is 0.731. The molecule has 84 valence electrons. The molecule has 0 N–H and O–H groups in total. The third-order valence-corrected chi connectivity index (χ3v) is 4.13. The van der Waals surface area contributed by atoms with Gasteiger partial charge in [-0.3, -0.25) is 0 Å². The summed E-state index contributed by atoms with van der Waals surface area (Å²) < 4.78 is 25.8. The van der Waals surface area contributed by atoms with E-state index in [0.717, 1.165) is 17.0 Å². The first kappa shape index (κ1) is 11.8. The van der Waals surface area contributed by atoms with Gasteiger partial charge in [0.25, 0.3) is 0 Å². The van der Waals surface area contributed by atoms with Crippen molar-refractivity contribution in [3.05, 3.63) is 56.7 Å². The summed E-state index contributed by atoms with van der Waals surface area (Å²) >= 11 is 13.4. The molecule has 0 amide bonds. The highest BCUT2D eigenvalue weighted by Crippen LogP contribution is 2.37. The first-order chi connectivity index (χ1) is 7.59. The van der Waals surface area contributed by atoms with Gasteiger partial charge in [-0.05, 0) is 29.1 Å². The summed E-state index contributed by atoms with van der Waals surface area (Å²) in [6, 6.07) is 5.31. The van der Waals surface area contributed by atoms with E-state index in [-0.39, 0.29) is 0 Å². The van der Waals surface area contributed by atoms with E-state index < -0.39 is 17.0 Å². The zero-order chi connectivity index (χ0) is 11.7. The highest BCUT2D eigenvalue weighted by molar-refractivity contribution is 7.11. The second-order valence-corrected chi connectivity index (χ2v) is 4.96. The molecule has 1 aromatic heterocycles. The van der Waals surface area contributed by atoms with Gasteiger partial charge in [0.1, 0.15) is 0 Å². The molecule has 0 saturated heterocycles. The average molecular weight is 279 g/mol. The quantitative estimate of drug-likeness (QED) is 0.678. The minimum Gasteiger partial charge on any atom is -0.204 e. The zero-order valence-electron chi connectivity index (χ0n) is 7.88. The summed E-state index contributed by atoms with van der Waals surface area (Å²) in [6.07, 6.45) is 0. The number of hydrogen-bond donors (Lipinski definition) is 0. The lowest BCUT2D eigenvalue weighted by Gasteiger charge is -2.08.